The lowest BCUT2D eigenvalue weighted by Gasteiger charge is -2.20. The van der Waals surface area contributed by atoms with Crippen LogP contribution in [0.1, 0.15) is 18.5 Å². The lowest BCUT2D eigenvalue weighted by Crippen LogP contribution is -2.30. The Bertz CT molecular complexity index is 719. The second-order valence-electron chi connectivity index (χ2n) is 5.56. The summed E-state index contributed by atoms with van der Waals surface area (Å²) in [6, 6.07) is 12.3. The molecule has 3 N–H and O–H groups in total. The predicted octanol–water partition coefficient (Wildman–Crippen LogP) is 4.88. The number of hydrogen-bond donors (Lipinski definition) is 2. The molecule has 2 rings (SSSR count). The first-order valence-electron chi connectivity index (χ1n) is 7.70. The van der Waals surface area contributed by atoms with Crippen LogP contribution in [-0.2, 0) is 4.79 Å². The maximum absolute atomic E-state index is 13.5. The number of alkyl halides is 2. The Morgan fingerprint density at radius 3 is 2.46 bits per heavy atom. The first-order valence-corrected chi connectivity index (χ1v) is 8.69. The van der Waals surface area contributed by atoms with Crippen LogP contribution in [0.25, 0.3) is 0 Å². The van der Waals surface area contributed by atoms with Gasteiger partial charge in [-0.25, -0.2) is 13.2 Å². The van der Waals surface area contributed by atoms with Crippen molar-refractivity contribution in [2.75, 3.05) is 11.1 Å². The minimum absolute atomic E-state index is 0. The van der Waals surface area contributed by atoms with Crippen LogP contribution in [0.15, 0.2) is 53.4 Å². The summed E-state index contributed by atoms with van der Waals surface area (Å²) < 4.78 is 38.3. The van der Waals surface area contributed by atoms with Gasteiger partial charge in [0, 0.05) is 10.9 Å². The van der Waals surface area contributed by atoms with Crippen molar-refractivity contribution in [3.05, 3.63) is 59.9 Å². The number of carbonyl (C=O) groups is 1. The van der Waals surface area contributed by atoms with Crippen LogP contribution < -0.4 is 11.1 Å². The van der Waals surface area contributed by atoms with Crippen LogP contribution in [0.3, 0.4) is 0 Å². The quantitative estimate of drug-likeness (QED) is 0.647. The van der Waals surface area contributed by atoms with E-state index < -0.39 is 35.9 Å². The first kappa shape index (κ1) is 22.3. The zero-order valence-electron chi connectivity index (χ0n) is 14.0. The van der Waals surface area contributed by atoms with Crippen LogP contribution >= 0.6 is 24.2 Å². The summed E-state index contributed by atoms with van der Waals surface area (Å²) in [6.07, 6.45) is -2.50. The van der Waals surface area contributed by atoms with Crippen molar-refractivity contribution in [1.29, 1.82) is 0 Å². The number of halogens is 4. The molecule has 8 heteroatoms. The molecule has 0 fully saturated rings. The molecule has 0 spiro atoms. The van der Waals surface area contributed by atoms with E-state index in [0.29, 0.717) is 4.90 Å². The Morgan fingerprint density at radius 2 is 1.85 bits per heavy atom. The molecule has 142 valence electrons. The van der Waals surface area contributed by atoms with E-state index in [1.165, 1.54) is 12.1 Å². The van der Waals surface area contributed by atoms with Crippen molar-refractivity contribution in [3.63, 3.8) is 0 Å². The minimum atomic E-state index is -2.50. The molecule has 3 nitrogen and oxygen atoms in total. The fourth-order valence-electron chi connectivity index (χ4n) is 2.25. The van der Waals surface area contributed by atoms with Crippen LogP contribution in [0.2, 0.25) is 0 Å². The number of amides is 1. The minimum Gasteiger partial charge on any atom is -0.325 e. The SMILES string of the molecule is CC(C(=O)Nc1cc(F)ccc1SCC(F)F)C(N)c1ccccc1.Cl. The van der Waals surface area contributed by atoms with Crippen LogP contribution in [0.5, 0.6) is 0 Å². The number of nitrogens with one attached hydrogen (secondary N) is 1. The fraction of sp³-hybridized carbons (Fsp3) is 0.278. The molecular formula is C18H20ClF3N2OS. The highest BCUT2D eigenvalue weighted by Crippen LogP contribution is 2.30. The molecule has 1 amide bonds. The summed E-state index contributed by atoms with van der Waals surface area (Å²) in [7, 11) is 0. The lowest BCUT2D eigenvalue weighted by atomic mass is 9.94. The van der Waals surface area contributed by atoms with Gasteiger partial charge in [0.15, 0.2) is 0 Å². The highest BCUT2D eigenvalue weighted by atomic mass is 35.5. The molecule has 26 heavy (non-hydrogen) atoms. The highest BCUT2D eigenvalue weighted by molar-refractivity contribution is 7.99. The van der Waals surface area contributed by atoms with Crippen molar-refractivity contribution >= 4 is 35.8 Å². The van der Waals surface area contributed by atoms with Crippen molar-refractivity contribution in [3.8, 4) is 0 Å². The van der Waals surface area contributed by atoms with Gasteiger partial charge in [0.25, 0.3) is 0 Å². The lowest BCUT2D eigenvalue weighted by molar-refractivity contribution is -0.120. The first-order chi connectivity index (χ1) is 11.9. The Kier molecular flexibility index (Phi) is 8.98. The third-order valence-corrected chi connectivity index (χ3v) is 4.79. The topological polar surface area (TPSA) is 55.1 Å². The molecule has 2 aromatic rings. The monoisotopic (exact) mass is 404 g/mol. The molecule has 0 heterocycles. The Morgan fingerprint density at radius 1 is 1.19 bits per heavy atom. The number of carbonyl (C=O) groups excluding carboxylic acids is 1. The van der Waals surface area contributed by atoms with Crippen LogP contribution in [0, 0.1) is 11.7 Å². The zero-order chi connectivity index (χ0) is 18.4. The molecule has 0 bridgehead atoms. The van der Waals surface area contributed by atoms with E-state index in [1.54, 1.807) is 6.92 Å². The second kappa shape index (κ2) is 10.4. The summed E-state index contributed by atoms with van der Waals surface area (Å²) in [5.74, 6) is -1.98. The largest absolute Gasteiger partial charge is 0.325 e. The molecule has 0 saturated heterocycles. The van der Waals surface area contributed by atoms with Gasteiger partial charge in [-0.3, -0.25) is 4.79 Å². The van der Waals surface area contributed by atoms with E-state index in [1.807, 2.05) is 30.3 Å². The van der Waals surface area contributed by atoms with E-state index in [2.05, 4.69) is 5.32 Å². The highest BCUT2D eigenvalue weighted by Gasteiger charge is 2.23. The van der Waals surface area contributed by atoms with Crippen molar-refractivity contribution in [2.45, 2.75) is 24.3 Å². The fourth-order valence-corrected chi connectivity index (χ4v) is 2.99. The summed E-state index contributed by atoms with van der Waals surface area (Å²) in [5, 5.41) is 2.60. The van der Waals surface area contributed by atoms with Gasteiger partial charge in [-0.05, 0) is 23.8 Å². The maximum Gasteiger partial charge on any atom is 0.247 e. The summed E-state index contributed by atoms with van der Waals surface area (Å²) in [6.45, 7) is 1.66. The molecule has 0 aliphatic heterocycles. The van der Waals surface area contributed by atoms with E-state index in [9.17, 15) is 18.0 Å². The Hall–Kier alpha value is -1.70. The van der Waals surface area contributed by atoms with E-state index >= 15 is 0 Å². The molecule has 0 aliphatic rings. The number of thioether (sulfide) groups is 1. The van der Waals surface area contributed by atoms with Gasteiger partial charge in [0.2, 0.25) is 12.3 Å². The van der Waals surface area contributed by atoms with Gasteiger partial charge in [0.05, 0.1) is 17.4 Å². The van der Waals surface area contributed by atoms with Gasteiger partial charge in [0.1, 0.15) is 5.82 Å². The summed E-state index contributed by atoms with van der Waals surface area (Å²) in [5.41, 5.74) is 7.09. The summed E-state index contributed by atoms with van der Waals surface area (Å²) >= 11 is 0.860. The molecular weight excluding hydrogens is 385 g/mol. The summed E-state index contributed by atoms with van der Waals surface area (Å²) in [4.78, 5) is 12.8. The number of benzene rings is 2. The molecule has 0 aromatic heterocycles. The van der Waals surface area contributed by atoms with E-state index in [0.717, 1.165) is 23.4 Å². The predicted molar refractivity (Wildman–Crippen MR) is 102 cm³/mol. The van der Waals surface area contributed by atoms with Crippen molar-refractivity contribution in [2.24, 2.45) is 11.7 Å². The number of nitrogens with two attached hydrogens (primary N) is 1. The third kappa shape index (κ3) is 6.23. The number of rotatable bonds is 7. The molecule has 0 radical (unpaired) electrons. The molecule has 2 atom stereocenters. The van der Waals surface area contributed by atoms with Gasteiger partial charge >= 0.3 is 0 Å². The van der Waals surface area contributed by atoms with Gasteiger partial charge in [-0.2, -0.15) is 0 Å². The van der Waals surface area contributed by atoms with Crippen LogP contribution in [-0.4, -0.2) is 18.1 Å². The molecule has 0 aliphatic carbocycles. The standard InChI is InChI=1S/C18H19F3N2OS.ClH/c1-11(17(22)12-5-3-2-4-6-12)18(24)23-14-9-13(19)7-8-15(14)25-10-16(20)21;/h2-9,11,16-17H,10,22H2,1H3,(H,23,24);1H. The third-order valence-electron chi connectivity index (χ3n) is 3.70. The Labute approximate surface area is 161 Å². The van der Waals surface area contributed by atoms with Crippen molar-refractivity contribution in [1.82, 2.24) is 0 Å². The zero-order valence-corrected chi connectivity index (χ0v) is 15.6. The average Bonchev–Trinajstić information content (AvgIpc) is 2.60. The Balaban J connectivity index is 0.00000338. The van der Waals surface area contributed by atoms with E-state index in [-0.39, 0.29) is 18.1 Å². The molecule has 2 aromatic carbocycles. The maximum atomic E-state index is 13.5. The van der Waals surface area contributed by atoms with Gasteiger partial charge in [-0.15, -0.1) is 24.2 Å². The molecule has 0 saturated carbocycles. The van der Waals surface area contributed by atoms with Gasteiger partial charge in [-0.1, -0.05) is 37.3 Å². The number of anilines is 1. The average molecular weight is 405 g/mol. The van der Waals surface area contributed by atoms with E-state index in [4.69, 9.17) is 5.73 Å². The van der Waals surface area contributed by atoms with Crippen molar-refractivity contribution < 1.29 is 18.0 Å². The molecule has 2 unspecified atom stereocenters. The second-order valence-corrected chi connectivity index (χ2v) is 6.62. The number of hydrogen-bond acceptors (Lipinski definition) is 3. The van der Waals surface area contributed by atoms with Crippen LogP contribution in [0.4, 0.5) is 18.9 Å². The smallest absolute Gasteiger partial charge is 0.247 e. The van der Waals surface area contributed by atoms with Gasteiger partial charge < -0.3 is 11.1 Å². The normalized spacial score (nSPS) is 13.0.